The number of anilines is 4. The molecular weight excluding hydrogens is 462 g/mol. The molecule has 11 heteroatoms. The van der Waals surface area contributed by atoms with Crippen molar-refractivity contribution >= 4 is 61.3 Å². The summed E-state index contributed by atoms with van der Waals surface area (Å²) in [7, 11) is 0. The van der Waals surface area contributed by atoms with Crippen LogP contribution < -0.4 is 15.1 Å². The highest BCUT2D eigenvalue weighted by Crippen LogP contribution is 2.36. The highest BCUT2D eigenvalue weighted by Gasteiger charge is 2.30. The molecule has 33 heavy (non-hydrogen) atoms. The van der Waals surface area contributed by atoms with Crippen LogP contribution in [0.3, 0.4) is 0 Å². The van der Waals surface area contributed by atoms with Gasteiger partial charge >= 0.3 is 5.69 Å². The maximum Gasteiger partial charge on any atom is 0.353 e. The summed E-state index contributed by atoms with van der Waals surface area (Å²) < 4.78 is 1.01. The van der Waals surface area contributed by atoms with Crippen molar-refractivity contribution in [2.75, 3.05) is 41.3 Å². The SMILES string of the molecule is Cc1cccc2sc(Nc3ncnc(N4CCN(c5cccc(Cl)c5)CC4)c3[N+](=O)[O-])nc12. The minimum atomic E-state index is -0.431. The van der Waals surface area contributed by atoms with E-state index in [1.165, 1.54) is 17.7 Å². The monoisotopic (exact) mass is 481 g/mol. The summed E-state index contributed by atoms with van der Waals surface area (Å²) in [5.74, 6) is 0.444. The second kappa shape index (κ2) is 8.80. The molecule has 1 N–H and O–H groups in total. The Hall–Kier alpha value is -3.50. The molecule has 0 spiro atoms. The maximum absolute atomic E-state index is 12.0. The third kappa shape index (κ3) is 4.27. The molecule has 168 valence electrons. The molecule has 0 aliphatic carbocycles. The van der Waals surface area contributed by atoms with Gasteiger partial charge in [-0.3, -0.25) is 10.1 Å². The number of aromatic nitrogens is 3. The zero-order valence-corrected chi connectivity index (χ0v) is 19.3. The summed E-state index contributed by atoms with van der Waals surface area (Å²) in [6, 6.07) is 13.6. The van der Waals surface area contributed by atoms with Crippen molar-refractivity contribution in [1.29, 1.82) is 0 Å². The molecule has 1 saturated heterocycles. The van der Waals surface area contributed by atoms with E-state index in [2.05, 4.69) is 25.2 Å². The van der Waals surface area contributed by atoms with Crippen LogP contribution in [0.15, 0.2) is 48.8 Å². The second-order valence-electron chi connectivity index (χ2n) is 7.67. The first-order valence-corrected chi connectivity index (χ1v) is 11.6. The number of hydrogen-bond donors (Lipinski definition) is 1. The Bertz CT molecular complexity index is 1340. The number of aryl methyl sites for hydroxylation is 1. The summed E-state index contributed by atoms with van der Waals surface area (Å²) >= 11 is 7.55. The number of halogens is 1. The molecule has 0 atom stereocenters. The van der Waals surface area contributed by atoms with Crippen LogP contribution in [-0.2, 0) is 0 Å². The number of thiazole rings is 1. The number of benzene rings is 2. The van der Waals surface area contributed by atoms with Gasteiger partial charge in [-0.2, -0.15) is 0 Å². The van der Waals surface area contributed by atoms with E-state index in [-0.39, 0.29) is 11.5 Å². The summed E-state index contributed by atoms with van der Waals surface area (Å²) in [6.45, 7) is 4.55. The lowest BCUT2D eigenvalue weighted by Gasteiger charge is -2.36. The van der Waals surface area contributed by atoms with Crippen molar-refractivity contribution in [1.82, 2.24) is 15.0 Å². The minimum Gasteiger partial charge on any atom is -0.368 e. The lowest BCUT2D eigenvalue weighted by molar-refractivity contribution is -0.383. The Morgan fingerprint density at radius 3 is 2.58 bits per heavy atom. The van der Waals surface area contributed by atoms with Crippen LogP contribution in [0.5, 0.6) is 0 Å². The first kappa shape index (κ1) is 21.4. The van der Waals surface area contributed by atoms with Gasteiger partial charge in [0.1, 0.15) is 6.33 Å². The molecule has 0 saturated carbocycles. The fraction of sp³-hybridized carbons (Fsp3) is 0.227. The third-order valence-electron chi connectivity index (χ3n) is 5.58. The smallest absolute Gasteiger partial charge is 0.353 e. The van der Waals surface area contributed by atoms with Gasteiger partial charge in [-0.1, -0.05) is 41.1 Å². The Balaban J connectivity index is 1.40. The van der Waals surface area contributed by atoms with Crippen molar-refractivity contribution in [2.24, 2.45) is 0 Å². The number of fused-ring (bicyclic) bond motifs is 1. The summed E-state index contributed by atoms with van der Waals surface area (Å²) in [5.41, 5.74) is 2.81. The highest BCUT2D eigenvalue weighted by atomic mass is 35.5. The highest BCUT2D eigenvalue weighted by molar-refractivity contribution is 7.22. The largest absolute Gasteiger partial charge is 0.368 e. The Labute approximate surface area is 198 Å². The fourth-order valence-electron chi connectivity index (χ4n) is 3.95. The normalized spacial score (nSPS) is 14.0. The molecule has 1 aliphatic heterocycles. The van der Waals surface area contributed by atoms with E-state index in [4.69, 9.17) is 11.6 Å². The van der Waals surface area contributed by atoms with Crippen molar-refractivity contribution in [2.45, 2.75) is 6.92 Å². The number of piperazine rings is 1. The molecule has 2 aromatic heterocycles. The topological polar surface area (TPSA) is 100 Å². The van der Waals surface area contributed by atoms with Crippen molar-refractivity contribution in [3.05, 3.63) is 69.5 Å². The average molecular weight is 482 g/mol. The summed E-state index contributed by atoms with van der Waals surface area (Å²) in [4.78, 5) is 28.8. The van der Waals surface area contributed by atoms with E-state index < -0.39 is 4.92 Å². The molecule has 1 aliphatic rings. The van der Waals surface area contributed by atoms with Gasteiger partial charge in [-0.25, -0.2) is 15.0 Å². The van der Waals surface area contributed by atoms with E-state index in [0.29, 0.717) is 42.2 Å². The molecule has 0 radical (unpaired) electrons. The zero-order valence-electron chi connectivity index (χ0n) is 17.7. The van der Waals surface area contributed by atoms with E-state index in [9.17, 15) is 10.1 Å². The minimum absolute atomic E-state index is 0.138. The summed E-state index contributed by atoms with van der Waals surface area (Å²) in [6.07, 6.45) is 1.35. The van der Waals surface area contributed by atoms with Crippen LogP contribution in [0.25, 0.3) is 10.2 Å². The molecule has 4 aromatic rings. The predicted octanol–water partition coefficient (Wildman–Crippen LogP) is 5.03. The molecular formula is C22H20ClN7O2S. The number of rotatable bonds is 5. The molecule has 0 amide bonds. The Morgan fingerprint density at radius 2 is 1.85 bits per heavy atom. The second-order valence-corrected chi connectivity index (χ2v) is 9.14. The van der Waals surface area contributed by atoms with Gasteiger partial charge in [0.05, 0.1) is 15.1 Å². The Morgan fingerprint density at radius 1 is 1.09 bits per heavy atom. The molecule has 9 nitrogen and oxygen atoms in total. The van der Waals surface area contributed by atoms with Gasteiger partial charge in [-0.15, -0.1) is 0 Å². The van der Waals surface area contributed by atoms with Crippen LogP contribution in [0.2, 0.25) is 5.02 Å². The lowest BCUT2D eigenvalue weighted by atomic mass is 10.2. The number of nitrogens with one attached hydrogen (secondary N) is 1. The molecule has 0 unspecified atom stereocenters. The van der Waals surface area contributed by atoms with Gasteiger partial charge in [0, 0.05) is 36.9 Å². The van der Waals surface area contributed by atoms with E-state index in [1.54, 1.807) is 0 Å². The van der Waals surface area contributed by atoms with Crippen LogP contribution in [0.4, 0.5) is 28.1 Å². The maximum atomic E-state index is 12.0. The van der Waals surface area contributed by atoms with Crippen molar-refractivity contribution in [3.63, 3.8) is 0 Å². The fourth-order valence-corrected chi connectivity index (χ4v) is 5.08. The first-order valence-electron chi connectivity index (χ1n) is 10.4. The van der Waals surface area contributed by atoms with E-state index >= 15 is 0 Å². The van der Waals surface area contributed by atoms with Crippen molar-refractivity contribution in [3.8, 4) is 0 Å². The van der Waals surface area contributed by atoms with E-state index in [1.807, 2.05) is 54.3 Å². The molecule has 2 aromatic carbocycles. The molecule has 5 rings (SSSR count). The van der Waals surface area contributed by atoms with Gasteiger partial charge in [-0.05, 0) is 36.8 Å². The number of hydrogen-bond acceptors (Lipinski definition) is 9. The first-order chi connectivity index (χ1) is 16.0. The zero-order chi connectivity index (χ0) is 22.9. The molecule has 3 heterocycles. The van der Waals surface area contributed by atoms with E-state index in [0.717, 1.165) is 21.5 Å². The molecule has 0 bridgehead atoms. The lowest BCUT2D eigenvalue weighted by Crippen LogP contribution is -2.47. The predicted molar refractivity (Wildman–Crippen MR) is 132 cm³/mol. The van der Waals surface area contributed by atoms with Crippen molar-refractivity contribution < 1.29 is 4.92 Å². The quantitative estimate of drug-likeness (QED) is 0.313. The van der Waals surface area contributed by atoms with Crippen LogP contribution in [0, 0.1) is 17.0 Å². The standard InChI is InChI=1S/C22H20ClN7O2S/c1-14-4-2-7-17-18(14)26-22(33-17)27-20-19(30(31)32)21(25-13-24-20)29-10-8-28(9-11-29)16-6-3-5-15(23)12-16/h2-7,12-13H,8-11H2,1H3,(H,24,25,26,27). The Kier molecular flexibility index (Phi) is 5.69. The van der Waals surface area contributed by atoms with Crippen LogP contribution in [0.1, 0.15) is 5.56 Å². The molecule has 1 fully saturated rings. The summed E-state index contributed by atoms with van der Waals surface area (Å²) in [5, 5.41) is 16.3. The number of nitro groups is 1. The van der Waals surface area contributed by atoms with Gasteiger partial charge < -0.3 is 15.1 Å². The van der Waals surface area contributed by atoms with Gasteiger partial charge in [0.2, 0.25) is 11.6 Å². The average Bonchev–Trinajstić information content (AvgIpc) is 3.23. The van der Waals surface area contributed by atoms with Crippen LogP contribution in [-0.4, -0.2) is 46.1 Å². The third-order valence-corrected chi connectivity index (χ3v) is 6.76. The van der Waals surface area contributed by atoms with Gasteiger partial charge in [0.15, 0.2) is 5.13 Å². The van der Waals surface area contributed by atoms with Gasteiger partial charge in [0.25, 0.3) is 0 Å². The number of nitrogens with zero attached hydrogens (tertiary/aromatic N) is 6. The number of para-hydroxylation sites is 1. The van der Waals surface area contributed by atoms with Crippen LogP contribution >= 0.6 is 22.9 Å².